The number of aromatic nitrogens is 2. The zero-order chi connectivity index (χ0) is 20.4. The Bertz CT molecular complexity index is 1190. The summed E-state index contributed by atoms with van der Waals surface area (Å²) in [5, 5.41) is 4.14. The highest BCUT2D eigenvalue weighted by molar-refractivity contribution is 9.10. The fraction of sp³-hybridized carbons (Fsp3) is 0.0909. The number of amides is 1. The fourth-order valence-electron chi connectivity index (χ4n) is 3.12. The maximum Gasteiger partial charge on any atom is 0.251 e. The van der Waals surface area contributed by atoms with Gasteiger partial charge in [0.2, 0.25) is 0 Å². The Labute approximate surface area is 186 Å². The Morgan fingerprint density at radius 3 is 2.55 bits per heavy atom. The molecule has 0 saturated heterocycles. The van der Waals surface area contributed by atoms with Gasteiger partial charge in [-0.15, -0.1) is 0 Å². The number of para-hydroxylation sites is 2. The van der Waals surface area contributed by atoms with Crippen LogP contribution in [-0.2, 0) is 13.1 Å². The summed E-state index contributed by atoms with van der Waals surface area (Å²) in [6, 6.07) is 20.5. The Hall–Kier alpha value is -2.34. The molecule has 4 nitrogen and oxygen atoms in total. The summed E-state index contributed by atoms with van der Waals surface area (Å²) in [6.07, 6.45) is 0. The molecule has 1 amide bonds. The van der Waals surface area contributed by atoms with Gasteiger partial charge in [0, 0.05) is 20.1 Å². The van der Waals surface area contributed by atoms with Gasteiger partial charge >= 0.3 is 0 Å². The van der Waals surface area contributed by atoms with Crippen molar-refractivity contribution < 1.29 is 4.79 Å². The van der Waals surface area contributed by atoms with Crippen molar-refractivity contribution in [2.45, 2.75) is 13.1 Å². The van der Waals surface area contributed by atoms with Crippen molar-refractivity contribution in [3.63, 3.8) is 0 Å². The highest BCUT2D eigenvalue weighted by atomic mass is 79.9. The normalized spacial score (nSPS) is 11.0. The molecular formula is C22H16BrCl2N3O. The van der Waals surface area contributed by atoms with Crippen molar-refractivity contribution in [1.29, 1.82) is 0 Å². The first kappa shape index (κ1) is 20.0. The molecule has 4 rings (SSSR count). The van der Waals surface area contributed by atoms with Crippen molar-refractivity contribution >= 4 is 56.1 Å². The van der Waals surface area contributed by atoms with E-state index in [4.69, 9.17) is 28.2 Å². The maximum absolute atomic E-state index is 12.5. The Balaban J connectivity index is 1.62. The number of fused-ring (bicyclic) bond motifs is 1. The first-order valence-corrected chi connectivity index (χ1v) is 10.5. The molecule has 0 unspecified atom stereocenters. The molecule has 1 heterocycles. The van der Waals surface area contributed by atoms with Gasteiger partial charge in [-0.1, -0.05) is 57.3 Å². The summed E-state index contributed by atoms with van der Waals surface area (Å²) in [7, 11) is 0. The molecule has 7 heteroatoms. The minimum atomic E-state index is -0.152. The van der Waals surface area contributed by atoms with Crippen molar-refractivity contribution in [1.82, 2.24) is 14.9 Å². The molecule has 1 aromatic heterocycles. The van der Waals surface area contributed by atoms with E-state index < -0.39 is 0 Å². The largest absolute Gasteiger partial charge is 0.345 e. The quantitative estimate of drug-likeness (QED) is 0.369. The second kappa shape index (κ2) is 8.57. The second-order valence-electron chi connectivity index (χ2n) is 6.53. The number of rotatable bonds is 5. The maximum atomic E-state index is 12.5. The lowest BCUT2D eigenvalue weighted by Crippen LogP contribution is -2.24. The van der Waals surface area contributed by atoms with Gasteiger partial charge in [-0.3, -0.25) is 4.79 Å². The fourth-order valence-corrected chi connectivity index (χ4v) is 3.85. The van der Waals surface area contributed by atoms with E-state index in [2.05, 4.69) is 25.8 Å². The third-order valence-corrected chi connectivity index (χ3v) is 5.71. The molecule has 29 heavy (non-hydrogen) atoms. The van der Waals surface area contributed by atoms with Crippen molar-refractivity contribution in [3.05, 3.63) is 98.2 Å². The van der Waals surface area contributed by atoms with Gasteiger partial charge in [0.1, 0.15) is 5.82 Å². The summed E-state index contributed by atoms with van der Waals surface area (Å²) < 4.78 is 2.99. The number of benzene rings is 3. The number of hydrogen-bond donors (Lipinski definition) is 1. The number of nitrogens with one attached hydrogen (secondary N) is 1. The molecule has 146 valence electrons. The topological polar surface area (TPSA) is 46.9 Å². The summed E-state index contributed by atoms with van der Waals surface area (Å²) >= 11 is 15.8. The van der Waals surface area contributed by atoms with E-state index in [-0.39, 0.29) is 5.91 Å². The van der Waals surface area contributed by atoms with E-state index in [0.717, 1.165) is 26.9 Å². The van der Waals surface area contributed by atoms with Crippen LogP contribution < -0.4 is 5.32 Å². The standard InChI is InChI=1S/C22H16BrCl2N3O/c23-16-8-5-14(6-9-16)22(29)26-12-21-27-19-3-1-2-4-20(19)28(21)13-15-7-10-17(24)11-18(15)25/h1-11H,12-13H2,(H,26,29). The smallest absolute Gasteiger partial charge is 0.251 e. The highest BCUT2D eigenvalue weighted by Crippen LogP contribution is 2.24. The molecule has 0 aliphatic heterocycles. The number of carbonyl (C=O) groups excluding carboxylic acids is 1. The molecule has 0 bridgehead atoms. The van der Waals surface area contributed by atoms with Gasteiger partial charge in [0.25, 0.3) is 5.91 Å². The minimum Gasteiger partial charge on any atom is -0.345 e. The minimum absolute atomic E-state index is 0.152. The summed E-state index contributed by atoms with van der Waals surface area (Å²) in [6.45, 7) is 0.828. The summed E-state index contributed by atoms with van der Waals surface area (Å²) in [5.41, 5.74) is 3.37. The zero-order valence-corrected chi connectivity index (χ0v) is 18.3. The predicted molar refractivity (Wildman–Crippen MR) is 121 cm³/mol. The van der Waals surface area contributed by atoms with Gasteiger partial charge in [0.05, 0.1) is 24.1 Å². The van der Waals surface area contributed by atoms with Crippen LogP contribution in [0.4, 0.5) is 0 Å². The lowest BCUT2D eigenvalue weighted by molar-refractivity contribution is 0.0949. The third-order valence-electron chi connectivity index (χ3n) is 4.59. The van der Waals surface area contributed by atoms with E-state index in [1.54, 1.807) is 18.2 Å². The van der Waals surface area contributed by atoms with Crippen LogP contribution in [0.3, 0.4) is 0 Å². The molecule has 3 aromatic carbocycles. The monoisotopic (exact) mass is 487 g/mol. The van der Waals surface area contributed by atoms with E-state index in [1.807, 2.05) is 48.5 Å². The third kappa shape index (κ3) is 4.47. The molecular weight excluding hydrogens is 473 g/mol. The van der Waals surface area contributed by atoms with E-state index >= 15 is 0 Å². The van der Waals surface area contributed by atoms with Gasteiger partial charge in [-0.25, -0.2) is 4.98 Å². The zero-order valence-electron chi connectivity index (χ0n) is 15.2. The molecule has 0 aliphatic rings. The van der Waals surface area contributed by atoms with Crippen molar-refractivity contribution in [2.24, 2.45) is 0 Å². The number of hydrogen-bond acceptors (Lipinski definition) is 2. The average Bonchev–Trinajstić information content (AvgIpc) is 3.06. The van der Waals surface area contributed by atoms with Gasteiger partial charge in [-0.2, -0.15) is 0 Å². The number of carbonyl (C=O) groups is 1. The molecule has 0 radical (unpaired) electrons. The van der Waals surface area contributed by atoms with Crippen LogP contribution in [0.2, 0.25) is 10.0 Å². The molecule has 4 aromatic rings. The average molecular weight is 489 g/mol. The first-order valence-electron chi connectivity index (χ1n) is 8.93. The summed E-state index contributed by atoms with van der Waals surface area (Å²) in [5.74, 6) is 0.600. The molecule has 0 aliphatic carbocycles. The highest BCUT2D eigenvalue weighted by Gasteiger charge is 2.14. The van der Waals surface area contributed by atoms with E-state index in [1.165, 1.54) is 0 Å². The summed E-state index contributed by atoms with van der Waals surface area (Å²) in [4.78, 5) is 17.2. The lowest BCUT2D eigenvalue weighted by atomic mass is 10.2. The van der Waals surface area contributed by atoms with Crippen LogP contribution in [0.5, 0.6) is 0 Å². The number of halogens is 3. The molecule has 0 spiro atoms. The molecule has 0 fully saturated rings. The lowest BCUT2D eigenvalue weighted by Gasteiger charge is -2.12. The SMILES string of the molecule is O=C(NCc1nc2ccccc2n1Cc1ccc(Cl)cc1Cl)c1ccc(Br)cc1. The van der Waals surface area contributed by atoms with Crippen LogP contribution in [0, 0.1) is 0 Å². The number of nitrogens with zero attached hydrogens (tertiary/aromatic N) is 2. The van der Waals surface area contributed by atoms with Crippen molar-refractivity contribution in [2.75, 3.05) is 0 Å². The van der Waals surface area contributed by atoms with Crippen LogP contribution >= 0.6 is 39.1 Å². The molecule has 1 N–H and O–H groups in total. The van der Waals surface area contributed by atoms with E-state index in [9.17, 15) is 4.79 Å². The van der Waals surface area contributed by atoms with Crippen molar-refractivity contribution in [3.8, 4) is 0 Å². The van der Waals surface area contributed by atoms with Gasteiger partial charge in [-0.05, 0) is 54.1 Å². The van der Waals surface area contributed by atoms with Crippen LogP contribution in [-0.4, -0.2) is 15.5 Å². The first-order chi connectivity index (χ1) is 14.0. The Kier molecular flexibility index (Phi) is 5.90. The van der Waals surface area contributed by atoms with Crippen LogP contribution in [0.25, 0.3) is 11.0 Å². The van der Waals surface area contributed by atoms with Gasteiger partial charge < -0.3 is 9.88 Å². The van der Waals surface area contributed by atoms with E-state index in [0.29, 0.717) is 28.7 Å². The Morgan fingerprint density at radius 2 is 1.79 bits per heavy atom. The van der Waals surface area contributed by atoms with Gasteiger partial charge in [0.15, 0.2) is 0 Å². The predicted octanol–water partition coefficient (Wildman–Crippen LogP) is 6.08. The number of imidazole rings is 1. The van der Waals surface area contributed by atoms with Crippen LogP contribution in [0.15, 0.2) is 71.2 Å². The Morgan fingerprint density at radius 1 is 1.03 bits per heavy atom. The second-order valence-corrected chi connectivity index (χ2v) is 8.29. The molecule has 0 saturated carbocycles. The molecule has 0 atom stereocenters. The van der Waals surface area contributed by atoms with Crippen LogP contribution in [0.1, 0.15) is 21.7 Å².